The van der Waals surface area contributed by atoms with E-state index in [0.29, 0.717) is 43.4 Å². The molecule has 1 amide bonds. The van der Waals surface area contributed by atoms with Crippen LogP contribution in [0.25, 0.3) is 11.1 Å². The second-order valence-corrected chi connectivity index (χ2v) is 6.32. The summed E-state index contributed by atoms with van der Waals surface area (Å²) < 4.78 is 5.82. The maximum atomic E-state index is 12.8. The van der Waals surface area contributed by atoms with Crippen LogP contribution < -0.4 is 10.6 Å². The lowest BCUT2D eigenvalue weighted by Gasteiger charge is -2.34. The standard InChI is InChI=1S/C19H20N4O2.2ClH/c1-13-6-7-14(20)12-15(13)18(24)22-8-10-23(11-9-22)19-21-16-4-2-3-5-17(16)25-19;;/h2-7,12H,8-11,20H2,1H3;2*1H. The van der Waals surface area contributed by atoms with Crippen LogP contribution in [0.2, 0.25) is 0 Å². The number of anilines is 2. The van der Waals surface area contributed by atoms with Crippen LogP contribution in [0, 0.1) is 6.92 Å². The van der Waals surface area contributed by atoms with E-state index in [1.54, 1.807) is 6.07 Å². The summed E-state index contributed by atoms with van der Waals surface area (Å²) in [6, 6.07) is 13.8. The highest BCUT2D eigenvalue weighted by Gasteiger charge is 2.25. The minimum atomic E-state index is 0. The summed E-state index contributed by atoms with van der Waals surface area (Å²) >= 11 is 0. The van der Waals surface area contributed by atoms with E-state index in [4.69, 9.17) is 10.2 Å². The van der Waals surface area contributed by atoms with Gasteiger partial charge in [-0.25, -0.2) is 0 Å². The van der Waals surface area contributed by atoms with Gasteiger partial charge >= 0.3 is 0 Å². The Morgan fingerprint density at radius 2 is 1.78 bits per heavy atom. The molecule has 27 heavy (non-hydrogen) atoms. The molecule has 0 unspecified atom stereocenters. The minimum Gasteiger partial charge on any atom is -0.423 e. The molecular formula is C19H22Cl2N4O2. The molecule has 1 saturated heterocycles. The van der Waals surface area contributed by atoms with Crippen molar-refractivity contribution in [2.24, 2.45) is 0 Å². The van der Waals surface area contributed by atoms with Crippen molar-refractivity contribution in [3.8, 4) is 0 Å². The first-order valence-electron chi connectivity index (χ1n) is 8.38. The third-order valence-corrected chi connectivity index (χ3v) is 4.61. The van der Waals surface area contributed by atoms with E-state index in [2.05, 4.69) is 9.88 Å². The first-order chi connectivity index (χ1) is 12.1. The lowest BCUT2D eigenvalue weighted by molar-refractivity contribution is 0.0744. The number of rotatable bonds is 2. The summed E-state index contributed by atoms with van der Waals surface area (Å²) in [4.78, 5) is 21.2. The van der Waals surface area contributed by atoms with Gasteiger partial charge in [0, 0.05) is 37.4 Å². The van der Waals surface area contributed by atoms with Crippen molar-refractivity contribution in [2.75, 3.05) is 36.8 Å². The number of para-hydroxylation sites is 2. The monoisotopic (exact) mass is 408 g/mol. The Hall–Kier alpha value is -2.44. The number of amides is 1. The van der Waals surface area contributed by atoms with Gasteiger partial charge in [-0.1, -0.05) is 18.2 Å². The molecule has 3 aromatic rings. The van der Waals surface area contributed by atoms with Crippen molar-refractivity contribution in [3.63, 3.8) is 0 Å². The van der Waals surface area contributed by atoms with Crippen molar-refractivity contribution in [1.29, 1.82) is 0 Å². The SMILES string of the molecule is Cc1ccc(N)cc1C(=O)N1CCN(c2nc3ccccc3o2)CC1.Cl.Cl. The number of nitrogens with two attached hydrogens (primary N) is 1. The van der Waals surface area contributed by atoms with Crippen LogP contribution in [0.4, 0.5) is 11.7 Å². The molecule has 8 heteroatoms. The van der Waals surface area contributed by atoms with E-state index < -0.39 is 0 Å². The molecule has 2 heterocycles. The number of hydrogen-bond acceptors (Lipinski definition) is 5. The van der Waals surface area contributed by atoms with Crippen LogP contribution in [-0.4, -0.2) is 42.0 Å². The van der Waals surface area contributed by atoms with E-state index in [1.165, 1.54) is 0 Å². The van der Waals surface area contributed by atoms with Crippen molar-refractivity contribution in [2.45, 2.75) is 6.92 Å². The molecule has 0 spiro atoms. The molecule has 0 radical (unpaired) electrons. The molecule has 1 aliphatic rings. The number of aryl methyl sites for hydroxylation is 1. The number of carbonyl (C=O) groups excluding carboxylic acids is 1. The van der Waals surface area contributed by atoms with Crippen LogP contribution in [-0.2, 0) is 0 Å². The molecule has 0 aliphatic carbocycles. The van der Waals surface area contributed by atoms with Gasteiger partial charge in [0.2, 0.25) is 0 Å². The number of piperazine rings is 1. The molecule has 1 fully saturated rings. The zero-order valence-electron chi connectivity index (χ0n) is 14.9. The number of nitrogen functional groups attached to an aromatic ring is 1. The van der Waals surface area contributed by atoms with Crippen molar-refractivity contribution in [3.05, 3.63) is 53.6 Å². The predicted octanol–water partition coefficient (Wildman–Crippen LogP) is 3.52. The van der Waals surface area contributed by atoms with Gasteiger partial charge in [0.15, 0.2) is 5.58 Å². The normalized spacial score (nSPS) is 13.8. The fraction of sp³-hybridized carbons (Fsp3) is 0.263. The Morgan fingerprint density at radius 1 is 1.07 bits per heavy atom. The Morgan fingerprint density at radius 3 is 2.48 bits per heavy atom. The van der Waals surface area contributed by atoms with Gasteiger partial charge in [-0.2, -0.15) is 4.98 Å². The van der Waals surface area contributed by atoms with Crippen LogP contribution in [0.5, 0.6) is 0 Å². The van der Waals surface area contributed by atoms with Gasteiger partial charge in [0.1, 0.15) is 5.52 Å². The predicted molar refractivity (Wildman–Crippen MR) is 112 cm³/mol. The smallest absolute Gasteiger partial charge is 0.298 e. The summed E-state index contributed by atoms with van der Waals surface area (Å²) in [6.45, 7) is 4.58. The topological polar surface area (TPSA) is 75.6 Å². The first-order valence-corrected chi connectivity index (χ1v) is 8.38. The van der Waals surface area contributed by atoms with Crippen LogP contribution in [0.1, 0.15) is 15.9 Å². The van der Waals surface area contributed by atoms with Crippen molar-refractivity contribution < 1.29 is 9.21 Å². The average Bonchev–Trinajstić information content (AvgIpc) is 3.07. The van der Waals surface area contributed by atoms with Gasteiger partial charge in [-0.05, 0) is 36.8 Å². The van der Waals surface area contributed by atoms with Gasteiger partial charge in [-0.3, -0.25) is 4.79 Å². The molecule has 144 valence electrons. The van der Waals surface area contributed by atoms with Gasteiger partial charge in [0.25, 0.3) is 11.9 Å². The van der Waals surface area contributed by atoms with Gasteiger partial charge < -0.3 is 20.0 Å². The fourth-order valence-corrected chi connectivity index (χ4v) is 3.14. The maximum Gasteiger partial charge on any atom is 0.298 e. The summed E-state index contributed by atoms with van der Waals surface area (Å²) in [6.07, 6.45) is 0. The highest BCUT2D eigenvalue weighted by Crippen LogP contribution is 2.23. The lowest BCUT2D eigenvalue weighted by atomic mass is 10.1. The van der Waals surface area contributed by atoms with Crippen molar-refractivity contribution in [1.82, 2.24) is 9.88 Å². The maximum absolute atomic E-state index is 12.8. The molecule has 0 atom stereocenters. The van der Waals surface area contributed by atoms with Crippen LogP contribution >= 0.6 is 24.8 Å². The van der Waals surface area contributed by atoms with Gasteiger partial charge in [0.05, 0.1) is 0 Å². The number of benzene rings is 2. The zero-order valence-corrected chi connectivity index (χ0v) is 16.6. The molecule has 0 bridgehead atoms. The lowest BCUT2D eigenvalue weighted by Crippen LogP contribution is -2.49. The highest BCUT2D eigenvalue weighted by molar-refractivity contribution is 5.96. The Bertz CT molecular complexity index is 903. The Labute approximate surface area is 170 Å². The molecular weight excluding hydrogens is 387 g/mol. The summed E-state index contributed by atoms with van der Waals surface area (Å²) in [5, 5.41) is 0. The second-order valence-electron chi connectivity index (χ2n) is 6.32. The molecule has 0 saturated carbocycles. The number of hydrogen-bond donors (Lipinski definition) is 1. The highest BCUT2D eigenvalue weighted by atomic mass is 35.5. The molecule has 6 nitrogen and oxygen atoms in total. The van der Waals surface area contributed by atoms with Crippen LogP contribution in [0.15, 0.2) is 46.9 Å². The third kappa shape index (κ3) is 4.12. The molecule has 4 rings (SSSR count). The number of aromatic nitrogens is 1. The minimum absolute atomic E-state index is 0. The quantitative estimate of drug-likeness (QED) is 0.656. The van der Waals surface area contributed by atoms with E-state index in [9.17, 15) is 4.79 Å². The van der Waals surface area contributed by atoms with E-state index in [-0.39, 0.29) is 30.7 Å². The molecule has 2 aromatic carbocycles. The second kappa shape index (κ2) is 8.50. The number of carbonyl (C=O) groups is 1. The van der Waals surface area contributed by atoms with Gasteiger partial charge in [-0.15, -0.1) is 24.8 Å². The Balaban J connectivity index is 0.00000131. The summed E-state index contributed by atoms with van der Waals surface area (Å²) in [5.74, 6) is 0.0296. The van der Waals surface area contributed by atoms with E-state index >= 15 is 0 Å². The van der Waals surface area contributed by atoms with Crippen LogP contribution in [0.3, 0.4) is 0 Å². The first kappa shape index (κ1) is 20.9. The average molecular weight is 409 g/mol. The Kier molecular flexibility index (Phi) is 6.57. The number of fused-ring (bicyclic) bond motifs is 1. The van der Waals surface area contributed by atoms with E-state index in [1.807, 2.05) is 48.2 Å². The van der Waals surface area contributed by atoms with E-state index in [0.717, 1.165) is 16.7 Å². The largest absolute Gasteiger partial charge is 0.423 e. The number of oxazole rings is 1. The van der Waals surface area contributed by atoms with Crippen molar-refractivity contribution >= 4 is 53.5 Å². The number of nitrogens with zero attached hydrogens (tertiary/aromatic N) is 3. The zero-order chi connectivity index (χ0) is 17.4. The number of halogens is 2. The summed E-state index contributed by atoms with van der Waals surface area (Å²) in [5.41, 5.74) is 9.70. The molecule has 1 aromatic heterocycles. The molecule has 2 N–H and O–H groups in total. The third-order valence-electron chi connectivity index (χ3n) is 4.61. The summed E-state index contributed by atoms with van der Waals surface area (Å²) in [7, 11) is 0. The fourth-order valence-electron chi connectivity index (χ4n) is 3.14. The molecule has 1 aliphatic heterocycles.